The fourth-order valence-electron chi connectivity index (χ4n) is 2.77. The van der Waals surface area contributed by atoms with E-state index in [2.05, 4.69) is 29.5 Å². The maximum absolute atomic E-state index is 11.6. The summed E-state index contributed by atoms with van der Waals surface area (Å²) < 4.78 is 38.5. The van der Waals surface area contributed by atoms with Crippen molar-refractivity contribution in [2.24, 2.45) is 0 Å². The number of carbonyl (C=O) groups excluding carboxylic acids is 1. The number of halogens is 1. The Kier molecular flexibility index (Phi) is 30.0. The molecule has 0 fully saturated rings. The van der Waals surface area contributed by atoms with E-state index in [0.717, 1.165) is 23.9 Å². The standard InChI is InChI=1S/C24H47IO8/c1-2-3-4-5-6-7-8-9-24(26)33-23-22-32-21-20-31-19-18-30-17-16-29-15-14-28-13-12-27-11-10-25/h2-23H2,1H3. The second-order valence-electron chi connectivity index (χ2n) is 7.46. The van der Waals surface area contributed by atoms with E-state index in [-0.39, 0.29) is 5.97 Å². The van der Waals surface area contributed by atoms with E-state index in [4.69, 9.17) is 33.2 Å². The normalized spacial score (nSPS) is 11.2. The minimum atomic E-state index is -0.131. The molecule has 9 heteroatoms. The van der Waals surface area contributed by atoms with Crippen molar-refractivity contribution in [1.29, 1.82) is 0 Å². The van der Waals surface area contributed by atoms with Crippen molar-refractivity contribution in [2.75, 3.05) is 90.3 Å². The molecule has 198 valence electrons. The number of ether oxygens (including phenoxy) is 7. The Labute approximate surface area is 214 Å². The number of unbranched alkanes of at least 4 members (excludes halogenated alkanes) is 6. The minimum Gasteiger partial charge on any atom is -0.463 e. The van der Waals surface area contributed by atoms with Gasteiger partial charge < -0.3 is 33.2 Å². The summed E-state index contributed by atoms with van der Waals surface area (Å²) in [6.07, 6.45) is 8.87. The second kappa shape index (κ2) is 30.0. The van der Waals surface area contributed by atoms with E-state index in [1.807, 2.05) is 0 Å². The molecule has 0 bridgehead atoms. The monoisotopic (exact) mass is 590 g/mol. The lowest BCUT2D eigenvalue weighted by Crippen LogP contribution is -2.15. The van der Waals surface area contributed by atoms with E-state index in [1.165, 1.54) is 32.1 Å². The molecule has 0 unspecified atom stereocenters. The molecule has 0 radical (unpaired) electrons. The molecule has 0 aromatic heterocycles. The Morgan fingerprint density at radius 2 is 0.879 bits per heavy atom. The first kappa shape index (κ1) is 33.0. The minimum absolute atomic E-state index is 0.131. The van der Waals surface area contributed by atoms with Crippen LogP contribution in [0, 0.1) is 0 Å². The van der Waals surface area contributed by atoms with Gasteiger partial charge in [0.1, 0.15) is 6.61 Å². The van der Waals surface area contributed by atoms with Gasteiger partial charge >= 0.3 is 5.97 Å². The Bertz CT molecular complexity index is 387. The van der Waals surface area contributed by atoms with Gasteiger partial charge in [-0.05, 0) is 6.42 Å². The van der Waals surface area contributed by atoms with Crippen LogP contribution in [-0.4, -0.2) is 96.3 Å². The highest BCUT2D eigenvalue weighted by Gasteiger charge is 2.02. The molecule has 0 saturated carbocycles. The first-order valence-electron chi connectivity index (χ1n) is 12.5. The van der Waals surface area contributed by atoms with Gasteiger partial charge in [0.2, 0.25) is 0 Å². The number of carbonyl (C=O) groups is 1. The zero-order valence-corrected chi connectivity index (χ0v) is 22.9. The van der Waals surface area contributed by atoms with Crippen molar-refractivity contribution in [2.45, 2.75) is 58.3 Å². The van der Waals surface area contributed by atoms with Gasteiger partial charge in [-0.3, -0.25) is 4.79 Å². The molecule has 0 aliphatic rings. The molecule has 0 aliphatic heterocycles. The predicted molar refractivity (Wildman–Crippen MR) is 137 cm³/mol. The summed E-state index contributed by atoms with van der Waals surface area (Å²) in [4.78, 5) is 11.6. The molecular weight excluding hydrogens is 543 g/mol. The average molecular weight is 591 g/mol. The molecule has 0 amide bonds. The summed E-state index contributed by atoms with van der Waals surface area (Å²) in [5, 5.41) is 0. The number of alkyl halides is 1. The summed E-state index contributed by atoms with van der Waals surface area (Å²) in [7, 11) is 0. The summed E-state index contributed by atoms with van der Waals surface area (Å²) in [6, 6.07) is 0. The van der Waals surface area contributed by atoms with Crippen molar-refractivity contribution >= 4 is 28.6 Å². The molecular formula is C24H47IO8. The highest BCUT2D eigenvalue weighted by molar-refractivity contribution is 14.1. The van der Waals surface area contributed by atoms with Crippen molar-refractivity contribution in [3.63, 3.8) is 0 Å². The van der Waals surface area contributed by atoms with Crippen LogP contribution in [0.3, 0.4) is 0 Å². The Morgan fingerprint density at radius 3 is 1.30 bits per heavy atom. The number of hydrogen-bond donors (Lipinski definition) is 0. The van der Waals surface area contributed by atoms with Crippen LogP contribution in [0.5, 0.6) is 0 Å². The Morgan fingerprint density at radius 1 is 0.515 bits per heavy atom. The average Bonchev–Trinajstić information content (AvgIpc) is 2.82. The molecule has 0 rings (SSSR count). The van der Waals surface area contributed by atoms with Crippen LogP contribution in [0.15, 0.2) is 0 Å². The van der Waals surface area contributed by atoms with Crippen molar-refractivity contribution in [3.05, 3.63) is 0 Å². The molecule has 0 heterocycles. The van der Waals surface area contributed by atoms with E-state index < -0.39 is 0 Å². The molecule has 0 spiro atoms. The van der Waals surface area contributed by atoms with E-state index in [1.54, 1.807) is 0 Å². The van der Waals surface area contributed by atoms with E-state index >= 15 is 0 Å². The van der Waals surface area contributed by atoms with Gasteiger partial charge in [0.05, 0.1) is 79.3 Å². The molecule has 0 atom stereocenters. The van der Waals surface area contributed by atoms with Gasteiger partial charge in [-0.15, -0.1) is 0 Å². The molecule has 0 saturated heterocycles. The molecule has 8 nitrogen and oxygen atoms in total. The van der Waals surface area contributed by atoms with Crippen molar-refractivity contribution in [3.8, 4) is 0 Å². The van der Waals surface area contributed by atoms with Crippen molar-refractivity contribution in [1.82, 2.24) is 0 Å². The van der Waals surface area contributed by atoms with Gasteiger partial charge in [-0.25, -0.2) is 0 Å². The van der Waals surface area contributed by atoms with Crippen LogP contribution in [0.1, 0.15) is 58.3 Å². The van der Waals surface area contributed by atoms with Crippen LogP contribution in [0.4, 0.5) is 0 Å². The largest absolute Gasteiger partial charge is 0.463 e. The third-order valence-electron chi connectivity index (χ3n) is 4.56. The smallest absolute Gasteiger partial charge is 0.305 e. The third-order valence-corrected chi connectivity index (χ3v) is 5.00. The topological polar surface area (TPSA) is 81.7 Å². The first-order chi connectivity index (χ1) is 16.3. The first-order valence-corrected chi connectivity index (χ1v) is 14.0. The lowest BCUT2D eigenvalue weighted by molar-refractivity contribution is -0.145. The second-order valence-corrected chi connectivity index (χ2v) is 8.53. The number of rotatable bonds is 28. The lowest BCUT2D eigenvalue weighted by atomic mass is 10.1. The number of esters is 1. The fourth-order valence-corrected chi connectivity index (χ4v) is 3.08. The van der Waals surface area contributed by atoms with Gasteiger partial charge in [0.25, 0.3) is 0 Å². The lowest BCUT2D eigenvalue weighted by Gasteiger charge is -2.08. The Balaban J connectivity index is 3.10. The summed E-state index contributed by atoms with van der Waals surface area (Å²) >= 11 is 2.28. The fraction of sp³-hybridized carbons (Fsp3) is 0.958. The van der Waals surface area contributed by atoms with Crippen LogP contribution in [0.2, 0.25) is 0 Å². The molecule has 0 aromatic rings. The summed E-state index contributed by atoms with van der Waals surface area (Å²) in [5.74, 6) is -0.131. The van der Waals surface area contributed by atoms with Gasteiger partial charge in [-0.1, -0.05) is 68.0 Å². The van der Waals surface area contributed by atoms with Gasteiger partial charge in [0.15, 0.2) is 0 Å². The number of hydrogen-bond acceptors (Lipinski definition) is 8. The molecule has 0 aliphatic carbocycles. The van der Waals surface area contributed by atoms with Crippen molar-refractivity contribution < 1.29 is 38.0 Å². The zero-order valence-electron chi connectivity index (χ0n) is 20.7. The maximum Gasteiger partial charge on any atom is 0.305 e. The zero-order chi connectivity index (χ0) is 24.1. The SMILES string of the molecule is CCCCCCCCCC(=O)OCCOCCOCCOCCOCCOCCOCCI. The third kappa shape index (κ3) is 29.9. The van der Waals surface area contributed by atoms with Crippen LogP contribution < -0.4 is 0 Å². The highest BCUT2D eigenvalue weighted by atomic mass is 127. The Hall–Kier alpha value is -0.0400. The van der Waals surface area contributed by atoms with E-state index in [0.29, 0.717) is 85.7 Å². The maximum atomic E-state index is 11.6. The van der Waals surface area contributed by atoms with E-state index in [9.17, 15) is 4.79 Å². The summed E-state index contributed by atoms with van der Waals surface area (Å²) in [6.45, 7) is 9.09. The van der Waals surface area contributed by atoms with Crippen LogP contribution in [-0.2, 0) is 38.0 Å². The van der Waals surface area contributed by atoms with Gasteiger partial charge in [0, 0.05) is 10.8 Å². The quantitative estimate of drug-likeness (QED) is 0.0581. The van der Waals surface area contributed by atoms with Gasteiger partial charge in [-0.2, -0.15) is 0 Å². The highest BCUT2D eigenvalue weighted by Crippen LogP contribution is 2.08. The van der Waals surface area contributed by atoms with Crippen LogP contribution in [0.25, 0.3) is 0 Å². The summed E-state index contributed by atoms with van der Waals surface area (Å²) in [5.41, 5.74) is 0. The van der Waals surface area contributed by atoms with Crippen LogP contribution >= 0.6 is 22.6 Å². The predicted octanol–water partition coefficient (Wildman–Crippen LogP) is 4.20. The molecule has 33 heavy (non-hydrogen) atoms. The molecule has 0 aromatic carbocycles. The molecule has 0 N–H and O–H groups in total.